The number of cyclic esters (lactones) is 1. The number of rotatable bonds is 6. The van der Waals surface area contributed by atoms with Gasteiger partial charge in [-0.05, 0) is 24.3 Å². The van der Waals surface area contributed by atoms with Crippen molar-refractivity contribution in [1.82, 2.24) is 10.3 Å². The van der Waals surface area contributed by atoms with Gasteiger partial charge in [0.1, 0.15) is 17.6 Å². The normalized spacial score (nSPS) is 27.6. The molecule has 2 aliphatic heterocycles. The van der Waals surface area contributed by atoms with Crippen molar-refractivity contribution in [2.75, 3.05) is 31.2 Å². The standard InChI is InChI=1S/C24H23FN4O4/c1-3-22(30)28-10-16-11-29(23(31)33-16)15-5-6-17(20(25)8-15)14-4-7-21(27-9-14)24(26-2)18-12-32-13-19(18)24/h4-9,16,18-19H,3,10-13H2,1H3,(H,28,30)/t16-,18-,19+,24?/m0/s1. The van der Waals surface area contributed by atoms with Crippen molar-refractivity contribution in [2.45, 2.75) is 25.0 Å². The van der Waals surface area contributed by atoms with Crippen LogP contribution >= 0.6 is 0 Å². The highest BCUT2D eigenvalue weighted by atomic mass is 19.1. The van der Waals surface area contributed by atoms with Gasteiger partial charge in [-0.15, -0.1) is 0 Å². The Morgan fingerprint density at radius 3 is 2.76 bits per heavy atom. The van der Waals surface area contributed by atoms with E-state index in [0.717, 1.165) is 0 Å². The van der Waals surface area contributed by atoms with Crippen LogP contribution in [0.25, 0.3) is 16.0 Å². The minimum atomic E-state index is -0.609. The molecule has 5 rings (SSSR count). The molecule has 33 heavy (non-hydrogen) atoms. The smallest absolute Gasteiger partial charge is 0.414 e. The summed E-state index contributed by atoms with van der Waals surface area (Å²) in [6, 6.07) is 8.13. The first kappa shape index (κ1) is 21.3. The van der Waals surface area contributed by atoms with Crippen LogP contribution in [-0.2, 0) is 19.8 Å². The lowest BCUT2D eigenvalue weighted by atomic mass is 10.0. The Kier molecular flexibility index (Phi) is 5.25. The summed E-state index contributed by atoms with van der Waals surface area (Å²) < 4.78 is 25.7. The summed E-state index contributed by atoms with van der Waals surface area (Å²) >= 11 is 0. The average molecular weight is 450 g/mol. The van der Waals surface area contributed by atoms with Crippen molar-refractivity contribution in [3.05, 3.63) is 59.5 Å². The van der Waals surface area contributed by atoms with Crippen molar-refractivity contribution in [1.29, 1.82) is 0 Å². The zero-order chi connectivity index (χ0) is 23.2. The Morgan fingerprint density at radius 1 is 1.33 bits per heavy atom. The van der Waals surface area contributed by atoms with Crippen molar-refractivity contribution in [3.8, 4) is 11.1 Å². The molecule has 3 aliphatic rings. The molecule has 9 heteroatoms. The van der Waals surface area contributed by atoms with Crippen LogP contribution < -0.4 is 10.2 Å². The lowest BCUT2D eigenvalue weighted by Crippen LogP contribution is -2.34. The van der Waals surface area contributed by atoms with Crippen molar-refractivity contribution < 1.29 is 23.5 Å². The average Bonchev–Trinajstić information content (AvgIpc) is 3.13. The number of aromatic nitrogens is 1. The number of hydrogen-bond donors (Lipinski definition) is 1. The summed E-state index contributed by atoms with van der Waals surface area (Å²) in [6.45, 7) is 11.0. The molecule has 3 heterocycles. The molecule has 1 unspecified atom stereocenters. The van der Waals surface area contributed by atoms with Gasteiger partial charge in [0, 0.05) is 23.7 Å². The lowest BCUT2D eigenvalue weighted by Gasteiger charge is -2.15. The highest BCUT2D eigenvalue weighted by Crippen LogP contribution is 2.63. The fourth-order valence-corrected chi connectivity index (χ4v) is 4.82. The van der Waals surface area contributed by atoms with E-state index >= 15 is 0 Å². The molecule has 2 aromatic rings. The molecule has 4 atom stereocenters. The number of carbonyl (C=O) groups is 2. The van der Waals surface area contributed by atoms with Crippen LogP contribution in [-0.4, -0.2) is 49.4 Å². The van der Waals surface area contributed by atoms with Crippen LogP contribution in [0.3, 0.4) is 0 Å². The molecule has 8 nitrogen and oxygen atoms in total. The fourth-order valence-electron chi connectivity index (χ4n) is 4.82. The van der Waals surface area contributed by atoms with Gasteiger partial charge in [0.05, 0.1) is 43.8 Å². The summed E-state index contributed by atoms with van der Waals surface area (Å²) in [7, 11) is 0. The predicted molar refractivity (Wildman–Crippen MR) is 117 cm³/mol. The van der Waals surface area contributed by atoms with E-state index in [1.165, 1.54) is 11.0 Å². The van der Waals surface area contributed by atoms with Crippen molar-refractivity contribution in [3.63, 3.8) is 0 Å². The van der Waals surface area contributed by atoms with Crippen LogP contribution in [0.1, 0.15) is 19.0 Å². The number of halogens is 1. The van der Waals surface area contributed by atoms with Crippen LogP contribution in [0, 0.1) is 24.2 Å². The van der Waals surface area contributed by atoms with Crippen LogP contribution in [0.5, 0.6) is 0 Å². The maximum Gasteiger partial charge on any atom is 0.414 e. The Labute approximate surface area is 190 Å². The number of benzene rings is 1. The molecule has 3 fully saturated rings. The van der Waals surface area contributed by atoms with Crippen LogP contribution in [0.15, 0.2) is 36.5 Å². The van der Waals surface area contributed by atoms with E-state index in [2.05, 4.69) is 15.1 Å². The number of nitrogens with one attached hydrogen (secondary N) is 1. The van der Waals surface area contributed by atoms with E-state index in [1.54, 1.807) is 37.4 Å². The summed E-state index contributed by atoms with van der Waals surface area (Å²) in [5, 5.41) is 2.70. The van der Waals surface area contributed by atoms with Gasteiger partial charge in [-0.1, -0.05) is 13.0 Å². The van der Waals surface area contributed by atoms with E-state index < -0.39 is 23.6 Å². The number of hydrogen-bond acceptors (Lipinski definition) is 5. The van der Waals surface area contributed by atoms with Gasteiger partial charge in [0.15, 0.2) is 0 Å². The second-order valence-corrected chi connectivity index (χ2v) is 8.56. The number of ether oxygens (including phenoxy) is 2. The minimum Gasteiger partial charge on any atom is -0.442 e. The van der Waals surface area contributed by atoms with Crippen molar-refractivity contribution in [2.24, 2.45) is 11.8 Å². The molecule has 0 bridgehead atoms. The second kappa shape index (κ2) is 8.12. The SMILES string of the molecule is [C-]#[N+]C1(c2ccc(-c3ccc(N4C[C@H](CNC(=O)CC)OC4=O)cc3F)cn2)[C@@H]2COC[C@@H]21. The molecule has 1 aliphatic carbocycles. The minimum absolute atomic E-state index is 0.125. The number of nitrogens with zero attached hydrogens (tertiary/aromatic N) is 3. The zero-order valence-electron chi connectivity index (χ0n) is 18.1. The number of fused-ring (bicyclic) bond motifs is 1. The third-order valence-corrected chi connectivity index (χ3v) is 6.76. The van der Waals surface area contributed by atoms with E-state index in [1.807, 2.05) is 0 Å². The summed E-state index contributed by atoms with van der Waals surface area (Å²) in [6.07, 6.45) is 0.870. The molecule has 1 saturated carbocycles. The van der Waals surface area contributed by atoms with Gasteiger partial charge in [0.2, 0.25) is 5.91 Å². The first-order valence-electron chi connectivity index (χ1n) is 11.0. The third-order valence-electron chi connectivity index (χ3n) is 6.76. The largest absolute Gasteiger partial charge is 0.442 e. The number of carbonyl (C=O) groups excluding carboxylic acids is 2. The molecule has 1 N–H and O–H groups in total. The van der Waals surface area contributed by atoms with E-state index in [4.69, 9.17) is 16.0 Å². The maximum atomic E-state index is 15.0. The fraction of sp³-hybridized carbons (Fsp3) is 0.417. The van der Waals surface area contributed by atoms with Gasteiger partial charge < -0.3 is 19.6 Å². The summed E-state index contributed by atoms with van der Waals surface area (Å²) in [5.41, 5.74) is 1.43. The lowest BCUT2D eigenvalue weighted by molar-refractivity contribution is -0.121. The van der Waals surface area contributed by atoms with Crippen LogP contribution in [0.4, 0.5) is 14.9 Å². The Hall–Kier alpha value is -3.51. The zero-order valence-corrected chi connectivity index (χ0v) is 18.1. The second-order valence-electron chi connectivity index (χ2n) is 8.56. The predicted octanol–water partition coefficient (Wildman–Crippen LogP) is 3.13. The summed E-state index contributed by atoms with van der Waals surface area (Å²) in [4.78, 5) is 33.4. The molecule has 1 aromatic carbocycles. The van der Waals surface area contributed by atoms with Gasteiger partial charge in [-0.3, -0.25) is 14.7 Å². The van der Waals surface area contributed by atoms with Crippen LogP contribution in [0.2, 0.25) is 0 Å². The third kappa shape index (κ3) is 3.51. The highest BCUT2D eigenvalue weighted by Gasteiger charge is 2.77. The van der Waals surface area contributed by atoms with Gasteiger partial charge in [-0.2, -0.15) is 0 Å². The molecular weight excluding hydrogens is 427 g/mol. The first-order chi connectivity index (χ1) is 16.0. The molecule has 170 valence electrons. The quantitative estimate of drug-likeness (QED) is 0.684. The molecule has 2 amide bonds. The topological polar surface area (TPSA) is 85.1 Å². The van der Waals surface area contributed by atoms with E-state index in [-0.39, 0.29) is 30.8 Å². The first-order valence-corrected chi connectivity index (χ1v) is 11.0. The number of anilines is 1. The van der Waals surface area contributed by atoms with E-state index in [0.29, 0.717) is 42.1 Å². The monoisotopic (exact) mass is 450 g/mol. The van der Waals surface area contributed by atoms with Gasteiger partial charge >= 0.3 is 6.09 Å². The van der Waals surface area contributed by atoms with Crippen molar-refractivity contribution >= 4 is 17.7 Å². The molecule has 0 radical (unpaired) electrons. The van der Waals surface area contributed by atoms with E-state index in [9.17, 15) is 14.0 Å². The maximum absolute atomic E-state index is 15.0. The highest BCUT2D eigenvalue weighted by molar-refractivity contribution is 5.90. The van der Waals surface area contributed by atoms with Gasteiger partial charge in [0.25, 0.3) is 5.54 Å². The molecule has 1 aromatic heterocycles. The Bertz CT molecular complexity index is 1140. The number of pyridine rings is 1. The number of amides is 2. The Balaban J connectivity index is 1.30. The Morgan fingerprint density at radius 2 is 2.12 bits per heavy atom. The summed E-state index contributed by atoms with van der Waals surface area (Å²) in [5.74, 6) is -0.248. The van der Waals surface area contributed by atoms with Gasteiger partial charge in [-0.25, -0.2) is 15.8 Å². The molecule has 2 saturated heterocycles. The molecular formula is C24H23FN4O4. The molecule has 0 spiro atoms.